The highest BCUT2D eigenvalue weighted by atomic mass is 16.5. The Morgan fingerprint density at radius 1 is 1.12 bits per heavy atom. The standard InChI is InChI=1S/C24H24N4O4/c25-15-17-13-16(1-2-22(17)32-18-4-9-30-10-5-18)19-3-6-26-23-20(19)14-21(27-23)24(29)28-7-11-31-12-8-28/h1-3,6,13-14,18H,4-5,7-12H2,(H,26,27). The van der Waals surface area contributed by atoms with Crippen molar-refractivity contribution in [3.8, 4) is 22.9 Å². The topological polar surface area (TPSA) is 100 Å². The Morgan fingerprint density at radius 3 is 2.69 bits per heavy atom. The first-order chi connectivity index (χ1) is 15.7. The number of aromatic nitrogens is 2. The van der Waals surface area contributed by atoms with E-state index in [0.717, 1.165) is 29.4 Å². The molecule has 164 valence electrons. The van der Waals surface area contributed by atoms with Crippen molar-refractivity contribution in [3.05, 3.63) is 47.8 Å². The molecule has 2 aliphatic rings. The Balaban J connectivity index is 1.45. The number of H-pyrrole nitrogens is 1. The number of fused-ring (bicyclic) bond motifs is 1. The van der Waals surface area contributed by atoms with Crippen LogP contribution in [0.1, 0.15) is 28.9 Å². The number of ether oxygens (including phenoxy) is 3. The van der Waals surface area contributed by atoms with Crippen molar-refractivity contribution >= 4 is 16.9 Å². The van der Waals surface area contributed by atoms with Gasteiger partial charge in [-0.25, -0.2) is 4.98 Å². The number of pyridine rings is 1. The summed E-state index contributed by atoms with van der Waals surface area (Å²) in [6, 6.07) is 11.6. The molecule has 5 rings (SSSR count). The minimum atomic E-state index is -0.0600. The second kappa shape index (κ2) is 8.99. The number of carbonyl (C=O) groups excluding carboxylic acids is 1. The zero-order valence-electron chi connectivity index (χ0n) is 17.7. The molecule has 2 aromatic heterocycles. The molecule has 32 heavy (non-hydrogen) atoms. The van der Waals surface area contributed by atoms with Gasteiger partial charge >= 0.3 is 0 Å². The fraction of sp³-hybridized carbons (Fsp3) is 0.375. The average Bonchev–Trinajstić information content (AvgIpc) is 3.29. The molecule has 8 nitrogen and oxygen atoms in total. The van der Waals surface area contributed by atoms with Gasteiger partial charge in [-0.15, -0.1) is 0 Å². The molecule has 0 spiro atoms. The van der Waals surface area contributed by atoms with Crippen LogP contribution in [-0.4, -0.2) is 66.4 Å². The summed E-state index contributed by atoms with van der Waals surface area (Å²) in [5, 5.41) is 10.6. The van der Waals surface area contributed by atoms with Gasteiger partial charge in [-0.05, 0) is 35.4 Å². The first-order valence-corrected chi connectivity index (χ1v) is 10.9. The van der Waals surface area contributed by atoms with E-state index in [-0.39, 0.29) is 12.0 Å². The Labute approximate surface area is 185 Å². The molecule has 8 heteroatoms. The van der Waals surface area contributed by atoms with Crippen LogP contribution in [0.4, 0.5) is 0 Å². The molecular weight excluding hydrogens is 408 g/mol. The van der Waals surface area contributed by atoms with Crippen LogP contribution in [0.5, 0.6) is 5.75 Å². The number of hydrogen-bond acceptors (Lipinski definition) is 6. The summed E-state index contributed by atoms with van der Waals surface area (Å²) in [5.74, 6) is 0.529. The van der Waals surface area contributed by atoms with Gasteiger partial charge in [0.25, 0.3) is 5.91 Å². The molecular formula is C24H24N4O4. The van der Waals surface area contributed by atoms with Crippen LogP contribution in [0.2, 0.25) is 0 Å². The predicted octanol–water partition coefficient (Wildman–Crippen LogP) is 3.13. The molecule has 0 saturated carbocycles. The van der Waals surface area contributed by atoms with Crippen LogP contribution in [-0.2, 0) is 9.47 Å². The third kappa shape index (κ3) is 4.05. The molecule has 2 aliphatic heterocycles. The van der Waals surface area contributed by atoms with Gasteiger partial charge in [-0.3, -0.25) is 4.79 Å². The van der Waals surface area contributed by atoms with Gasteiger partial charge in [0.1, 0.15) is 29.3 Å². The van der Waals surface area contributed by atoms with Crippen LogP contribution < -0.4 is 4.74 Å². The van der Waals surface area contributed by atoms with Gasteiger partial charge in [-0.2, -0.15) is 5.26 Å². The van der Waals surface area contributed by atoms with Gasteiger partial charge in [0.2, 0.25) is 0 Å². The highest BCUT2D eigenvalue weighted by molar-refractivity contribution is 6.01. The lowest BCUT2D eigenvalue weighted by Crippen LogP contribution is -2.40. The molecule has 0 unspecified atom stereocenters. The highest BCUT2D eigenvalue weighted by Crippen LogP contribution is 2.32. The molecule has 1 aromatic carbocycles. The van der Waals surface area contributed by atoms with E-state index < -0.39 is 0 Å². The van der Waals surface area contributed by atoms with E-state index in [2.05, 4.69) is 16.0 Å². The first-order valence-electron chi connectivity index (χ1n) is 10.9. The molecule has 1 N–H and O–H groups in total. The number of aromatic amines is 1. The number of nitrogens with one attached hydrogen (secondary N) is 1. The van der Waals surface area contributed by atoms with Crippen molar-refractivity contribution in [2.24, 2.45) is 0 Å². The molecule has 1 amide bonds. The predicted molar refractivity (Wildman–Crippen MR) is 117 cm³/mol. The van der Waals surface area contributed by atoms with Crippen molar-refractivity contribution < 1.29 is 19.0 Å². The number of hydrogen-bond donors (Lipinski definition) is 1. The lowest BCUT2D eigenvalue weighted by atomic mass is 10.0. The summed E-state index contributed by atoms with van der Waals surface area (Å²) in [6.45, 7) is 3.61. The highest BCUT2D eigenvalue weighted by Gasteiger charge is 2.22. The average molecular weight is 432 g/mol. The summed E-state index contributed by atoms with van der Waals surface area (Å²) in [4.78, 5) is 22.2. The maximum Gasteiger partial charge on any atom is 0.270 e. The first kappa shape index (κ1) is 20.5. The van der Waals surface area contributed by atoms with E-state index in [1.807, 2.05) is 30.3 Å². The second-order valence-corrected chi connectivity index (χ2v) is 7.96. The number of morpholine rings is 1. The third-order valence-corrected chi connectivity index (χ3v) is 5.93. The van der Waals surface area contributed by atoms with E-state index in [1.54, 1.807) is 11.1 Å². The molecule has 0 bridgehead atoms. The van der Waals surface area contributed by atoms with Crippen LogP contribution in [0.3, 0.4) is 0 Å². The molecule has 2 fully saturated rings. The van der Waals surface area contributed by atoms with E-state index in [4.69, 9.17) is 14.2 Å². The smallest absolute Gasteiger partial charge is 0.270 e. The summed E-state index contributed by atoms with van der Waals surface area (Å²) in [5.41, 5.74) is 3.40. The molecule has 0 radical (unpaired) electrons. The van der Waals surface area contributed by atoms with E-state index in [9.17, 15) is 10.1 Å². The Hall–Kier alpha value is -3.41. The van der Waals surface area contributed by atoms with Crippen molar-refractivity contribution in [1.29, 1.82) is 5.26 Å². The molecule has 0 atom stereocenters. The summed E-state index contributed by atoms with van der Waals surface area (Å²) in [7, 11) is 0. The van der Waals surface area contributed by atoms with Gasteiger partial charge < -0.3 is 24.1 Å². The number of amides is 1. The van der Waals surface area contributed by atoms with Crippen molar-refractivity contribution in [1.82, 2.24) is 14.9 Å². The third-order valence-electron chi connectivity index (χ3n) is 5.93. The maximum atomic E-state index is 12.9. The molecule has 2 saturated heterocycles. The zero-order chi connectivity index (χ0) is 21.9. The number of rotatable bonds is 4. The maximum absolute atomic E-state index is 12.9. The number of benzene rings is 1. The summed E-state index contributed by atoms with van der Waals surface area (Å²) in [6.07, 6.45) is 3.41. The van der Waals surface area contributed by atoms with Crippen LogP contribution in [0, 0.1) is 11.3 Å². The minimum absolute atomic E-state index is 0.0600. The van der Waals surface area contributed by atoms with E-state index >= 15 is 0 Å². The monoisotopic (exact) mass is 432 g/mol. The number of nitriles is 1. The van der Waals surface area contributed by atoms with Gasteiger partial charge in [0.15, 0.2) is 0 Å². The van der Waals surface area contributed by atoms with Gasteiger partial charge in [-0.1, -0.05) is 6.07 Å². The van der Waals surface area contributed by atoms with E-state index in [1.165, 1.54) is 0 Å². The quantitative estimate of drug-likeness (QED) is 0.680. The van der Waals surface area contributed by atoms with Crippen molar-refractivity contribution in [2.45, 2.75) is 18.9 Å². The zero-order valence-corrected chi connectivity index (χ0v) is 17.7. The molecule has 0 aliphatic carbocycles. The fourth-order valence-electron chi connectivity index (χ4n) is 4.19. The van der Waals surface area contributed by atoms with Gasteiger partial charge in [0, 0.05) is 37.5 Å². The van der Waals surface area contributed by atoms with Crippen LogP contribution >= 0.6 is 0 Å². The van der Waals surface area contributed by atoms with Crippen LogP contribution in [0.25, 0.3) is 22.2 Å². The fourth-order valence-corrected chi connectivity index (χ4v) is 4.19. The second-order valence-electron chi connectivity index (χ2n) is 7.96. The van der Waals surface area contributed by atoms with Crippen molar-refractivity contribution in [2.75, 3.05) is 39.5 Å². The lowest BCUT2D eigenvalue weighted by Gasteiger charge is -2.26. The largest absolute Gasteiger partial charge is 0.489 e. The Bertz CT molecular complexity index is 1170. The molecule has 3 aromatic rings. The van der Waals surface area contributed by atoms with Gasteiger partial charge in [0.05, 0.1) is 32.0 Å². The minimum Gasteiger partial charge on any atom is -0.489 e. The van der Waals surface area contributed by atoms with Crippen LogP contribution in [0.15, 0.2) is 36.5 Å². The lowest BCUT2D eigenvalue weighted by molar-refractivity contribution is 0.0254. The summed E-state index contributed by atoms with van der Waals surface area (Å²) < 4.78 is 16.8. The Kier molecular flexibility index (Phi) is 5.75. The SMILES string of the molecule is N#Cc1cc(-c2ccnc3[nH]c(C(=O)N4CCOCC4)cc23)ccc1OC1CCOCC1. The Morgan fingerprint density at radius 2 is 1.91 bits per heavy atom. The summed E-state index contributed by atoms with van der Waals surface area (Å²) >= 11 is 0. The molecule has 4 heterocycles. The van der Waals surface area contributed by atoms with E-state index in [0.29, 0.717) is 62.2 Å². The van der Waals surface area contributed by atoms with Crippen molar-refractivity contribution in [3.63, 3.8) is 0 Å². The number of nitrogens with zero attached hydrogens (tertiary/aromatic N) is 3. The number of carbonyl (C=O) groups is 1. The normalized spacial score (nSPS) is 17.3.